The second-order valence-corrected chi connectivity index (χ2v) is 10.6. The fourth-order valence-corrected chi connectivity index (χ4v) is 6.18. The first-order chi connectivity index (χ1) is 17.0. The van der Waals surface area contributed by atoms with Gasteiger partial charge in [-0.3, -0.25) is 0 Å². The first-order valence-corrected chi connectivity index (χ1v) is 13.0. The van der Waals surface area contributed by atoms with Crippen molar-refractivity contribution in [3.05, 3.63) is 107 Å². The molecule has 0 aromatic heterocycles. The Morgan fingerprint density at radius 1 is 0.944 bits per heavy atom. The Kier molecular flexibility index (Phi) is 8.56. The van der Waals surface area contributed by atoms with Crippen molar-refractivity contribution in [2.75, 3.05) is 26.2 Å². The van der Waals surface area contributed by atoms with E-state index in [1.54, 1.807) is 24.3 Å². The highest BCUT2D eigenvalue weighted by Crippen LogP contribution is 2.38. The number of carbonyl (C=O) groups excluding carboxylic acids is 1. The van der Waals surface area contributed by atoms with Gasteiger partial charge in [-0.25, -0.2) is 4.79 Å². The van der Waals surface area contributed by atoms with Gasteiger partial charge in [-0.15, -0.1) is 0 Å². The number of aryl methyl sites for hydroxylation is 1. The Bertz CT molecular complexity index is 1110. The second kappa shape index (κ2) is 11.5. The Hall–Kier alpha value is -2.18. The molecular weight excluding hydrogens is 538 g/mol. The van der Waals surface area contributed by atoms with E-state index in [1.165, 1.54) is 5.56 Å². The van der Waals surface area contributed by atoms with Crippen LogP contribution in [0.5, 0.6) is 0 Å². The lowest BCUT2D eigenvalue weighted by Gasteiger charge is -2.52. The predicted octanol–water partition coefficient (Wildman–Crippen LogP) is 2.36. The zero-order valence-electron chi connectivity index (χ0n) is 20.4. The van der Waals surface area contributed by atoms with E-state index in [9.17, 15) is 9.90 Å². The summed E-state index contributed by atoms with van der Waals surface area (Å²) >= 11 is 6.15. The summed E-state index contributed by atoms with van der Waals surface area (Å²) in [6, 6.07) is 26.4. The summed E-state index contributed by atoms with van der Waals surface area (Å²) in [5.74, 6) is -0.214. The van der Waals surface area contributed by atoms with Crippen LogP contribution in [0.1, 0.15) is 36.0 Å². The topological polar surface area (TPSA) is 46.5 Å². The molecule has 0 saturated carbocycles. The number of carbonyl (C=O) groups is 1. The number of hydrogen-bond donors (Lipinski definition) is 1. The first-order valence-electron chi connectivity index (χ1n) is 12.6. The molecule has 0 radical (unpaired) electrons. The fourth-order valence-electron chi connectivity index (χ4n) is 5.96. The normalized spacial score (nSPS) is 23.1. The monoisotopic (exact) mass is 569 g/mol. The number of esters is 1. The second-order valence-electron chi connectivity index (χ2n) is 10.2. The molecule has 1 unspecified atom stereocenters. The first kappa shape index (κ1) is 26.9. The standard InChI is InChI=1S/C30H33ClNO3.BrH/c31-27-15-7-9-23(21-27)10-8-18-32-19-16-24(17-20-32)28(22-32)35-29(33)30(34,25-11-3-1-4-12-25)26-13-5-2-6-14-26;/h1-7,9,11-15,21,24,28,34H,8,10,16-20,22H2;1H/q+1;/p-1. The molecule has 36 heavy (non-hydrogen) atoms. The largest absolute Gasteiger partial charge is 1.00 e. The third-order valence-corrected chi connectivity index (χ3v) is 8.20. The van der Waals surface area contributed by atoms with Crippen molar-refractivity contribution >= 4 is 17.6 Å². The number of ether oxygens (including phenoxy) is 1. The Morgan fingerprint density at radius 3 is 2.14 bits per heavy atom. The summed E-state index contributed by atoms with van der Waals surface area (Å²) in [7, 11) is 0. The van der Waals surface area contributed by atoms with Crippen molar-refractivity contribution in [1.29, 1.82) is 0 Å². The smallest absolute Gasteiger partial charge is 0.348 e. The number of benzene rings is 3. The van der Waals surface area contributed by atoms with Gasteiger partial charge in [0, 0.05) is 30.2 Å². The van der Waals surface area contributed by atoms with E-state index >= 15 is 0 Å². The van der Waals surface area contributed by atoms with Crippen LogP contribution in [0.15, 0.2) is 84.9 Å². The number of nitrogens with zero attached hydrogens (tertiary/aromatic N) is 1. The van der Waals surface area contributed by atoms with E-state index in [0.717, 1.165) is 61.4 Å². The van der Waals surface area contributed by atoms with E-state index < -0.39 is 11.6 Å². The lowest BCUT2D eigenvalue weighted by atomic mass is 9.82. The lowest BCUT2D eigenvalue weighted by Crippen LogP contribution is -3.00. The van der Waals surface area contributed by atoms with Crippen molar-refractivity contribution in [3.63, 3.8) is 0 Å². The fraction of sp³-hybridized carbons (Fsp3) is 0.367. The van der Waals surface area contributed by atoms with Crippen LogP contribution < -0.4 is 17.0 Å². The summed E-state index contributed by atoms with van der Waals surface area (Å²) in [6.45, 7) is 4.16. The SMILES string of the molecule is O=C(OC1C[N+]2(CCCc3cccc(Cl)c3)CCC1CC2)C(O)(c1ccccc1)c1ccccc1.[Br-]. The van der Waals surface area contributed by atoms with Crippen molar-refractivity contribution in [2.45, 2.75) is 37.4 Å². The van der Waals surface area contributed by atoms with Gasteiger partial charge >= 0.3 is 5.97 Å². The molecule has 4 nitrogen and oxygen atoms in total. The summed E-state index contributed by atoms with van der Waals surface area (Å²) in [4.78, 5) is 13.7. The van der Waals surface area contributed by atoms with E-state index in [0.29, 0.717) is 17.0 Å². The maximum absolute atomic E-state index is 13.7. The van der Waals surface area contributed by atoms with Gasteiger partial charge in [0.05, 0.1) is 19.6 Å². The predicted molar refractivity (Wildman–Crippen MR) is 138 cm³/mol. The van der Waals surface area contributed by atoms with Crippen LogP contribution in [0, 0.1) is 5.92 Å². The van der Waals surface area contributed by atoms with Crippen molar-refractivity contribution in [3.8, 4) is 0 Å². The van der Waals surface area contributed by atoms with Crippen LogP contribution in [0.2, 0.25) is 5.02 Å². The molecule has 3 heterocycles. The van der Waals surface area contributed by atoms with Crippen LogP contribution >= 0.6 is 11.6 Å². The van der Waals surface area contributed by atoms with Gasteiger partial charge in [0.1, 0.15) is 6.54 Å². The van der Waals surface area contributed by atoms with Gasteiger partial charge in [0.15, 0.2) is 6.10 Å². The molecule has 3 saturated heterocycles. The average molecular weight is 571 g/mol. The maximum Gasteiger partial charge on any atom is 0.348 e. The molecule has 190 valence electrons. The van der Waals surface area contributed by atoms with Gasteiger partial charge < -0.3 is 31.3 Å². The zero-order chi connectivity index (χ0) is 24.3. The average Bonchev–Trinajstić information content (AvgIpc) is 2.90. The highest BCUT2D eigenvalue weighted by molar-refractivity contribution is 6.30. The van der Waals surface area contributed by atoms with Crippen molar-refractivity contribution in [1.82, 2.24) is 0 Å². The molecule has 3 aromatic carbocycles. The molecule has 3 aliphatic heterocycles. The summed E-state index contributed by atoms with van der Waals surface area (Å²) in [5, 5.41) is 12.6. The van der Waals surface area contributed by atoms with Crippen LogP contribution in [0.25, 0.3) is 0 Å². The van der Waals surface area contributed by atoms with Gasteiger partial charge in [0.2, 0.25) is 5.60 Å². The quantitative estimate of drug-likeness (QED) is 0.334. The number of piperidine rings is 3. The van der Waals surface area contributed by atoms with E-state index in [1.807, 2.05) is 54.6 Å². The van der Waals surface area contributed by atoms with Crippen molar-refractivity contribution in [2.24, 2.45) is 5.92 Å². The third kappa shape index (κ3) is 5.55. The van der Waals surface area contributed by atoms with Crippen LogP contribution in [-0.4, -0.2) is 47.8 Å². The minimum Gasteiger partial charge on any atom is -1.00 e. The third-order valence-electron chi connectivity index (χ3n) is 7.97. The minimum absolute atomic E-state index is 0. The number of quaternary nitrogens is 1. The van der Waals surface area contributed by atoms with Crippen LogP contribution in [0.4, 0.5) is 0 Å². The highest BCUT2D eigenvalue weighted by Gasteiger charge is 2.50. The molecule has 1 N–H and O–H groups in total. The molecule has 3 aromatic rings. The Balaban J connectivity index is 0.00000304. The molecule has 0 spiro atoms. The summed E-state index contributed by atoms with van der Waals surface area (Å²) < 4.78 is 7.17. The Morgan fingerprint density at radius 2 is 1.56 bits per heavy atom. The molecule has 0 aliphatic carbocycles. The summed E-state index contributed by atoms with van der Waals surface area (Å²) in [6.07, 6.45) is 4.02. The number of fused-ring (bicyclic) bond motifs is 3. The number of hydrogen-bond acceptors (Lipinski definition) is 3. The molecule has 6 rings (SSSR count). The Labute approximate surface area is 229 Å². The van der Waals surface area contributed by atoms with Crippen LogP contribution in [-0.2, 0) is 21.6 Å². The molecule has 0 amide bonds. The molecule has 3 aliphatic rings. The van der Waals surface area contributed by atoms with E-state index in [2.05, 4.69) is 6.07 Å². The highest BCUT2D eigenvalue weighted by atomic mass is 79.9. The lowest BCUT2D eigenvalue weighted by molar-refractivity contribution is -0.946. The van der Waals surface area contributed by atoms with E-state index in [4.69, 9.17) is 16.3 Å². The molecular formula is C30H33BrClNO3. The number of halogens is 2. The number of aliphatic hydroxyl groups is 1. The molecule has 6 heteroatoms. The number of rotatable bonds is 8. The molecule has 3 fully saturated rings. The summed E-state index contributed by atoms with van der Waals surface area (Å²) in [5.41, 5.74) is 0.499. The van der Waals surface area contributed by atoms with Gasteiger partial charge in [0.25, 0.3) is 0 Å². The van der Waals surface area contributed by atoms with Gasteiger partial charge in [-0.05, 0) is 35.2 Å². The van der Waals surface area contributed by atoms with Crippen LogP contribution in [0.3, 0.4) is 0 Å². The zero-order valence-corrected chi connectivity index (χ0v) is 22.7. The minimum atomic E-state index is -1.83. The van der Waals surface area contributed by atoms with Gasteiger partial charge in [-0.1, -0.05) is 84.4 Å². The molecule has 2 bridgehead atoms. The maximum atomic E-state index is 13.7. The van der Waals surface area contributed by atoms with Crippen molar-refractivity contribution < 1.29 is 36.1 Å². The van der Waals surface area contributed by atoms with E-state index in [-0.39, 0.29) is 23.1 Å². The molecule has 1 atom stereocenters. The van der Waals surface area contributed by atoms with Gasteiger partial charge in [-0.2, -0.15) is 0 Å².